The van der Waals surface area contributed by atoms with Crippen LogP contribution in [-0.4, -0.2) is 19.3 Å². The molecule has 0 aliphatic heterocycles. The van der Waals surface area contributed by atoms with E-state index in [2.05, 4.69) is 0 Å². The van der Waals surface area contributed by atoms with E-state index in [1.54, 1.807) is 30.3 Å². The molecule has 0 bridgehead atoms. The molecule has 0 saturated heterocycles. The van der Waals surface area contributed by atoms with Crippen LogP contribution in [0, 0.1) is 5.82 Å². The van der Waals surface area contributed by atoms with E-state index in [-0.39, 0.29) is 0 Å². The third-order valence-electron chi connectivity index (χ3n) is 3.66. The molecule has 1 N–H and O–H groups in total. The molecule has 0 radical (unpaired) electrons. The van der Waals surface area contributed by atoms with Crippen molar-refractivity contribution in [1.29, 1.82) is 0 Å². The van der Waals surface area contributed by atoms with Crippen LogP contribution < -0.4 is 9.47 Å². The Labute approximate surface area is 124 Å². The van der Waals surface area contributed by atoms with Gasteiger partial charge in [-0.15, -0.1) is 0 Å². The van der Waals surface area contributed by atoms with Crippen molar-refractivity contribution in [1.82, 2.24) is 0 Å². The molecule has 3 nitrogen and oxygen atoms in total. The first-order valence-corrected chi connectivity index (χ1v) is 6.76. The Bertz CT molecular complexity index is 605. The number of methoxy groups -OCH3 is 2. The van der Waals surface area contributed by atoms with Crippen LogP contribution in [-0.2, 0) is 5.60 Å². The highest BCUT2D eigenvalue weighted by Crippen LogP contribution is 2.43. The van der Waals surface area contributed by atoms with Crippen molar-refractivity contribution in [2.45, 2.75) is 18.9 Å². The molecule has 0 aliphatic carbocycles. The minimum absolute atomic E-state index is 0.354. The molecular weight excluding hydrogens is 271 g/mol. The van der Waals surface area contributed by atoms with Gasteiger partial charge in [-0.2, -0.15) is 0 Å². The Hall–Kier alpha value is -2.07. The van der Waals surface area contributed by atoms with Crippen molar-refractivity contribution >= 4 is 0 Å². The van der Waals surface area contributed by atoms with E-state index in [1.807, 2.05) is 6.92 Å². The molecule has 0 saturated carbocycles. The summed E-state index contributed by atoms with van der Waals surface area (Å²) in [5, 5.41) is 11.2. The van der Waals surface area contributed by atoms with E-state index in [4.69, 9.17) is 9.47 Å². The zero-order valence-corrected chi connectivity index (χ0v) is 12.4. The van der Waals surface area contributed by atoms with Crippen molar-refractivity contribution in [2.75, 3.05) is 14.2 Å². The maximum absolute atomic E-state index is 13.5. The van der Waals surface area contributed by atoms with Gasteiger partial charge in [0, 0.05) is 0 Å². The predicted molar refractivity (Wildman–Crippen MR) is 79.2 cm³/mol. The number of ether oxygens (including phenoxy) is 2. The summed E-state index contributed by atoms with van der Waals surface area (Å²) in [5.74, 6) is 0.610. The standard InChI is InChI=1S/C17H19FO3/c1-4-17(19,12-7-5-8-13(18)11-12)16-14(20-2)9-6-10-15(16)21-3/h5-11,19H,4H2,1-3H3. The first-order valence-electron chi connectivity index (χ1n) is 6.76. The zero-order valence-electron chi connectivity index (χ0n) is 12.4. The number of hydrogen-bond donors (Lipinski definition) is 1. The van der Waals surface area contributed by atoms with E-state index in [0.717, 1.165) is 0 Å². The summed E-state index contributed by atoms with van der Waals surface area (Å²) < 4.78 is 24.2. The van der Waals surface area contributed by atoms with Crippen molar-refractivity contribution in [3.05, 3.63) is 59.4 Å². The number of hydrogen-bond acceptors (Lipinski definition) is 3. The average molecular weight is 290 g/mol. The van der Waals surface area contributed by atoms with Crippen molar-refractivity contribution in [2.24, 2.45) is 0 Å². The van der Waals surface area contributed by atoms with Gasteiger partial charge in [0.05, 0.1) is 19.8 Å². The highest BCUT2D eigenvalue weighted by atomic mass is 19.1. The van der Waals surface area contributed by atoms with Crippen LogP contribution >= 0.6 is 0 Å². The molecule has 2 aromatic rings. The molecule has 0 spiro atoms. The summed E-state index contributed by atoms with van der Waals surface area (Å²) in [6.07, 6.45) is 0.354. The Morgan fingerprint density at radius 2 is 1.62 bits per heavy atom. The number of rotatable bonds is 5. The van der Waals surface area contributed by atoms with Crippen LogP contribution in [0.15, 0.2) is 42.5 Å². The highest BCUT2D eigenvalue weighted by molar-refractivity contribution is 5.53. The molecule has 1 atom stereocenters. The lowest BCUT2D eigenvalue weighted by atomic mass is 9.83. The van der Waals surface area contributed by atoms with Gasteiger partial charge in [-0.3, -0.25) is 0 Å². The van der Waals surface area contributed by atoms with Crippen LogP contribution in [0.3, 0.4) is 0 Å². The first-order chi connectivity index (χ1) is 10.1. The monoisotopic (exact) mass is 290 g/mol. The van der Waals surface area contributed by atoms with Crippen LogP contribution in [0.2, 0.25) is 0 Å². The molecular formula is C17H19FO3. The topological polar surface area (TPSA) is 38.7 Å². The van der Waals surface area contributed by atoms with Gasteiger partial charge in [0.2, 0.25) is 0 Å². The van der Waals surface area contributed by atoms with Crippen LogP contribution in [0.25, 0.3) is 0 Å². The quantitative estimate of drug-likeness (QED) is 0.916. The fourth-order valence-corrected chi connectivity index (χ4v) is 2.53. The molecule has 1 unspecified atom stereocenters. The van der Waals surface area contributed by atoms with Crippen LogP contribution in [0.1, 0.15) is 24.5 Å². The van der Waals surface area contributed by atoms with Gasteiger partial charge in [-0.1, -0.05) is 25.1 Å². The second-order valence-corrected chi connectivity index (χ2v) is 4.76. The fraction of sp³-hybridized carbons (Fsp3) is 0.294. The first kappa shape index (κ1) is 15.3. The molecule has 0 aromatic heterocycles. The molecule has 0 fully saturated rings. The zero-order chi connectivity index (χ0) is 15.5. The van der Waals surface area contributed by atoms with Gasteiger partial charge in [0.15, 0.2) is 0 Å². The summed E-state index contributed by atoms with van der Waals surface area (Å²) in [6, 6.07) is 11.2. The van der Waals surface area contributed by atoms with E-state index < -0.39 is 11.4 Å². The number of benzene rings is 2. The lowest BCUT2D eigenvalue weighted by Gasteiger charge is -2.31. The second-order valence-electron chi connectivity index (χ2n) is 4.76. The van der Waals surface area contributed by atoms with E-state index in [9.17, 15) is 9.50 Å². The third-order valence-corrected chi connectivity index (χ3v) is 3.66. The Balaban J connectivity index is 2.70. The largest absolute Gasteiger partial charge is 0.496 e. The summed E-state index contributed by atoms with van der Waals surface area (Å²) in [5.41, 5.74) is -0.420. The lowest BCUT2D eigenvalue weighted by molar-refractivity contribution is 0.0703. The average Bonchev–Trinajstić information content (AvgIpc) is 2.53. The number of aliphatic hydroxyl groups is 1. The Morgan fingerprint density at radius 3 is 2.10 bits per heavy atom. The van der Waals surface area contributed by atoms with Gasteiger partial charge in [-0.05, 0) is 36.2 Å². The van der Waals surface area contributed by atoms with Crippen molar-refractivity contribution in [3.8, 4) is 11.5 Å². The van der Waals surface area contributed by atoms with Gasteiger partial charge >= 0.3 is 0 Å². The molecule has 0 aliphatic rings. The van der Waals surface area contributed by atoms with Gasteiger partial charge in [0.1, 0.15) is 22.9 Å². The summed E-state index contributed by atoms with van der Waals surface area (Å²) in [4.78, 5) is 0. The molecule has 21 heavy (non-hydrogen) atoms. The predicted octanol–water partition coefficient (Wildman–Crippen LogP) is 3.49. The number of halogens is 1. The van der Waals surface area contributed by atoms with Gasteiger partial charge in [-0.25, -0.2) is 4.39 Å². The van der Waals surface area contributed by atoms with Crippen molar-refractivity contribution in [3.63, 3.8) is 0 Å². The molecule has 112 valence electrons. The van der Waals surface area contributed by atoms with E-state index >= 15 is 0 Å². The smallest absolute Gasteiger partial charge is 0.129 e. The normalized spacial score (nSPS) is 13.6. The van der Waals surface area contributed by atoms with Crippen LogP contribution in [0.4, 0.5) is 4.39 Å². The highest BCUT2D eigenvalue weighted by Gasteiger charge is 2.36. The van der Waals surface area contributed by atoms with E-state index in [1.165, 1.54) is 26.4 Å². The molecule has 4 heteroatoms. The Kier molecular flexibility index (Phi) is 4.48. The second kappa shape index (κ2) is 6.14. The molecule has 0 amide bonds. The van der Waals surface area contributed by atoms with E-state index in [0.29, 0.717) is 29.0 Å². The molecule has 0 heterocycles. The van der Waals surface area contributed by atoms with Crippen LogP contribution in [0.5, 0.6) is 11.5 Å². The maximum atomic E-state index is 13.5. The molecule has 2 rings (SSSR count). The SMILES string of the molecule is CCC(O)(c1cccc(F)c1)c1c(OC)cccc1OC. The minimum atomic E-state index is -1.39. The van der Waals surface area contributed by atoms with Gasteiger partial charge in [0.25, 0.3) is 0 Å². The summed E-state index contributed by atoms with van der Waals surface area (Å²) in [7, 11) is 3.06. The summed E-state index contributed by atoms with van der Waals surface area (Å²) in [6.45, 7) is 1.83. The van der Waals surface area contributed by atoms with Gasteiger partial charge < -0.3 is 14.6 Å². The molecule has 2 aromatic carbocycles. The fourth-order valence-electron chi connectivity index (χ4n) is 2.53. The Morgan fingerprint density at radius 1 is 1.05 bits per heavy atom. The summed E-state index contributed by atoms with van der Waals surface area (Å²) >= 11 is 0. The van der Waals surface area contributed by atoms with Crippen molar-refractivity contribution < 1.29 is 19.0 Å². The third kappa shape index (κ3) is 2.72. The lowest BCUT2D eigenvalue weighted by Crippen LogP contribution is -2.28. The minimum Gasteiger partial charge on any atom is -0.496 e. The maximum Gasteiger partial charge on any atom is 0.129 e.